The van der Waals surface area contributed by atoms with E-state index < -0.39 is 20.0 Å². The Kier molecular flexibility index (Phi) is 54.7. The summed E-state index contributed by atoms with van der Waals surface area (Å²) >= 11 is 0. The minimum Gasteiger partial charge on any atom is -0.391 e. The van der Waals surface area contributed by atoms with E-state index in [-0.39, 0.29) is 19.1 Å². The number of aliphatic hydroxyl groups excluding tert-OH is 1. The summed E-state index contributed by atoms with van der Waals surface area (Å²) in [5, 5.41) is 14.1. The predicted molar refractivity (Wildman–Crippen MR) is 332 cm³/mol. The summed E-state index contributed by atoms with van der Waals surface area (Å²) in [5.74, 6) is -0.165. The highest BCUT2D eigenvalue weighted by Crippen LogP contribution is 2.43. The molecule has 0 bridgehead atoms. The molecular weight excluding hydrogens is 960 g/mol. The third-order valence-corrected chi connectivity index (χ3v) is 14.5. The number of rotatable bonds is 56. The Morgan fingerprint density at radius 2 is 0.789 bits per heavy atom. The predicted octanol–water partition coefficient (Wildman–Crippen LogP) is 19.5. The number of phosphoric acid groups is 1. The highest BCUT2D eigenvalue weighted by atomic mass is 31.2. The molecule has 0 aliphatic carbocycles. The first kappa shape index (κ1) is 73.2. The first-order valence-corrected chi connectivity index (χ1v) is 32.7. The molecule has 3 unspecified atom stereocenters. The van der Waals surface area contributed by atoms with Crippen LogP contribution in [0.3, 0.4) is 0 Å². The third-order valence-electron chi connectivity index (χ3n) is 13.5. The van der Waals surface area contributed by atoms with Gasteiger partial charge in [-0.3, -0.25) is 13.8 Å². The van der Waals surface area contributed by atoms with E-state index in [0.29, 0.717) is 23.9 Å². The molecule has 0 heterocycles. The molecule has 76 heavy (non-hydrogen) atoms. The number of carbonyl (C=O) groups excluding carboxylic acids is 1. The van der Waals surface area contributed by atoms with Crippen LogP contribution in [0.2, 0.25) is 0 Å². The van der Waals surface area contributed by atoms with Crippen molar-refractivity contribution in [3.05, 3.63) is 109 Å². The molecule has 3 atom stereocenters. The molecule has 0 aliphatic heterocycles. The lowest BCUT2D eigenvalue weighted by molar-refractivity contribution is -0.870. The largest absolute Gasteiger partial charge is 0.472 e. The van der Waals surface area contributed by atoms with E-state index in [4.69, 9.17) is 9.05 Å². The van der Waals surface area contributed by atoms with E-state index in [9.17, 15) is 19.4 Å². The van der Waals surface area contributed by atoms with E-state index >= 15 is 0 Å². The van der Waals surface area contributed by atoms with Crippen molar-refractivity contribution in [3.63, 3.8) is 0 Å². The molecule has 9 heteroatoms. The van der Waals surface area contributed by atoms with Gasteiger partial charge in [0.2, 0.25) is 5.91 Å². The highest BCUT2D eigenvalue weighted by Gasteiger charge is 2.28. The fourth-order valence-electron chi connectivity index (χ4n) is 8.69. The summed E-state index contributed by atoms with van der Waals surface area (Å²) < 4.78 is 23.8. The van der Waals surface area contributed by atoms with Gasteiger partial charge in [-0.15, -0.1) is 0 Å². The topological polar surface area (TPSA) is 105 Å². The summed E-state index contributed by atoms with van der Waals surface area (Å²) in [4.78, 5) is 23.4. The van der Waals surface area contributed by atoms with Crippen LogP contribution in [0.25, 0.3) is 0 Å². The number of hydrogen-bond acceptors (Lipinski definition) is 5. The summed E-state index contributed by atoms with van der Waals surface area (Å²) in [7, 11) is 1.59. The molecule has 0 aromatic carbocycles. The molecule has 0 saturated carbocycles. The second-order valence-corrected chi connectivity index (χ2v) is 23.5. The van der Waals surface area contributed by atoms with Crippen LogP contribution in [0.5, 0.6) is 0 Å². The molecule has 438 valence electrons. The van der Waals surface area contributed by atoms with Gasteiger partial charge in [-0.1, -0.05) is 277 Å². The van der Waals surface area contributed by atoms with Crippen molar-refractivity contribution in [3.8, 4) is 0 Å². The summed E-state index contributed by atoms with van der Waals surface area (Å²) in [6.45, 7) is 4.77. The van der Waals surface area contributed by atoms with Gasteiger partial charge in [0.15, 0.2) is 0 Å². The average molecular weight is 1080 g/mol. The number of allylic oxidation sites excluding steroid dienone is 18. The fourth-order valence-corrected chi connectivity index (χ4v) is 9.42. The minimum absolute atomic E-state index is 0.0652. The van der Waals surface area contributed by atoms with Gasteiger partial charge >= 0.3 is 7.82 Å². The lowest BCUT2D eigenvalue weighted by Gasteiger charge is -2.26. The van der Waals surface area contributed by atoms with Gasteiger partial charge < -0.3 is 19.8 Å². The Morgan fingerprint density at radius 1 is 0.461 bits per heavy atom. The normalized spacial score (nSPS) is 14.6. The number of nitrogens with zero attached hydrogens (tertiary/aromatic N) is 1. The lowest BCUT2D eigenvalue weighted by Crippen LogP contribution is -2.46. The van der Waals surface area contributed by atoms with E-state index in [1.165, 1.54) is 116 Å². The van der Waals surface area contributed by atoms with E-state index in [1.807, 2.05) is 21.1 Å². The molecule has 0 aliphatic rings. The maximum Gasteiger partial charge on any atom is 0.472 e. The number of phosphoric ester groups is 1. The van der Waals surface area contributed by atoms with Crippen molar-refractivity contribution < 1.29 is 32.9 Å². The van der Waals surface area contributed by atoms with Gasteiger partial charge in [-0.2, -0.15) is 0 Å². The quantitative estimate of drug-likeness (QED) is 0.0243. The van der Waals surface area contributed by atoms with E-state index in [2.05, 4.69) is 129 Å². The Bertz CT molecular complexity index is 1600. The number of aliphatic hydroxyl groups is 1. The van der Waals surface area contributed by atoms with Crippen molar-refractivity contribution >= 4 is 13.7 Å². The molecule has 0 aromatic rings. The molecule has 1 amide bonds. The first-order valence-electron chi connectivity index (χ1n) is 31.3. The van der Waals surface area contributed by atoms with Crippen molar-refractivity contribution in [2.75, 3.05) is 40.9 Å². The first-order chi connectivity index (χ1) is 37.0. The summed E-state index contributed by atoms with van der Waals surface area (Å²) in [6, 6.07) is -0.780. The Hall–Kier alpha value is -2.84. The number of unbranched alkanes of at least 4 members (excludes halogenated alkanes) is 25. The minimum atomic E-state index is -4.34. The van der Waals surface area contributed by atoms with Crippen molar-refractivity contribution in [2.24, 2.45) is 0 Å². The number of nitrogens with one attached hydrogen (secondary N) is 1. The van der Waals surface area contributed by atoms with Gasteiger partial charge in [0, 0.05) is 6.42 Å². The third kappa shape index (κ3) is 58.8. The van der Waals surface area contributed by atoms with Gasteiger partial charge in [-0.05, 0) is 83.5 Å². The van der Waals surface area contributed by atoms with E-state index in [1.54, 1.807) is 0 Å². The maximum absolute atomic E-state index is 13.0. The monoisotopic (exact) mass is 1080 g/mol. The Morgan fingerprint density at radius 3 is 1.16 bits per heavy atom. The van der Waals surface area contributed by atoms with E-state index in [0.717, 1.165) is 116 Å². The van der Waals surface area contributed by atoms with Crippen molar-refractivity contribution in [2.45, 2.75) is 270 Å². The summed E-state index contributed by atoms with van der Waals surface area (Å²) in [5.41, 5.74) is 0. The standard InChI is InChI=1S/C67H119N2O6P/c1-6-8-10-12-14-16-18-20-22-24-26-28-29-30-31-32-33-34-35-36-37-38-39-41-43-45-47-49-51-53-55-57-59-61-67(71)68-65(64-75-76(72,73)74-63-62-69(3,4)5)66(70)60-58-56-54-52-50-48-46-44-42-40-27-25-23-21-19-17-15-13-11-9-7-2/h8,10,14,16,20,22,26,28,30-31,33-34,36-37,39,41,45,47,65-66,70H,6-7,9,11-13,15,17-19,21,23-25,27,29,32,35,38,40,42-44,46,48-64H2,1-5H3,(H-,68,71,72,73)/p+1/b10-8-,16-14-,22-20-,28-26-,31-30-,34-33-,37-36-,41-39-,47-45-. The highest BCUT2D eigenvalue weighted by molar-refractivity contribution is 7.47. The number of likely N-dealkylation sites (N-methyl/N-ethyl adjacent to an activating group) is 1. The Labute approximate surface area is 470 Å². The molecular formula is C67H120N2O6P+. The zero-order chi connectivity index (χ0) is 55.6. The van der Waals surface area contributed by atoms with Crippen LogP contribution < -0.4 is 5.32 Å². The second-order valence-electron chi connectivity index (χ2n) is 22.1. The molecule has 0 radical (unpaired) electrons. The molecule has 0 saturated heterocycles. The van der Waals surface area contributed by atoms with Crippen LogP contribution >= 0.6 is 7.82 Å². The van der Waals surface area contributed by atoms with Crippen LogP contribution in [0.4, 0.5) is 0 Å². The number of carbonyl (C=O) groups is 1. The summed E-state index contributed by atoms with van der Waals surface area (Å²) in [6.07, 6.45) is 82.9. The molecule has 3 N–H and O–H groups in total. The van der Waals surface area contributed by atoms with Crippen LogP contribution in [-0.4, -0.2) is 73.4 Å². The fraction of sp³-hybridized carbons (Fsp3) is 0.716. The Balaban J connectivity index is 4.22. The SMILES string of the molecule is CC/C=C\C/C=C\C/C=C\C/C=C\C/C=C\C/C=C\C/C=C\C/C=C\C/C=C\CCCCCCCC(=O)NC(COP(=O)(O)OCC[N+](C)(C)C)C(O)CCCCCCCCCCCCCCCCCCCCCCC. The van der Waals surface area contributed by atoms with Gasteiger partial charge in [0.25, 0.3) is 0 Å². The smallest absolute Gasteiger partial charge is 0.391 e. The van der Waals surface area contributed by atoms with Gasteiger partial charge in [0.05, 0.1) is 39.9 Å². The maximum atomic E-state index is 13.0. The number of amides is 1. The zero-order valence-electron chi connectivity index (χ0n) is 50.0. The zero-order valence-corrected chi connectivity index (χ0v) is 50.9. The lowest BCUT2D eigenvalue weighted by atomic mass is 10.0. The van der Waals surface area contributed by atoms with Crippen molar-refractivity contribution in [1.29, 1.82) is 0 Å². The molecule has 8 nitrogen and oxygen atoms in total. The van der Waals surface area contributed by atoms with Crippen LogP contribution in [0.1, 0.15) is 258 Å². The number of hydrogen-bond donors (Lipinski definition) is 3. The molecule has 0 spiro atoms. The van der Waals surface area contributed by atoms with Gasteiger partial charge in [0.1, 0.15) is 13.2 Å². The average Bonchev–Trinajstić information content (AvgIpc) is 3.38. The molecule has 0 fully saturated rings. The molecule has 0 aromatic heterocycles. The molecule has 0 rings (SSSR count). The van der Waals surface area contributed by atoms with Crippen molar-refractivity contribution in [1.82, 2.24) is 5.32 Å². The van der Waals surface area contributed by atoms with Crippen LogP contribution in [0, 0.1) is 0 Å². The number of quaternary nitrogens is 1. The second kappa shape index (κ2) is 56.9. The van der Waals surface area contributed by atoms with Crippen LogP contribution in [-0.2, 0) is 18.4 Å². The van der Waals surface area contributed by atoms with Gasteiger partial charge in [-0.25, -0.2) is 4.57 Å². The van der Waals surface area contributed by atoms with Crippen LogP contribution in [0.15, 0.2) is 109 Å².